The molecule has 0 amide bonds. The molecule has 0 aliphatic heterocycles. The van der Waals surface area contributed by atoms with Crippen molar-refractivity contribution < 1.29 is 13.5 Å². The largest absolute Gasteiger partial charge is 0.392 e. The smallest absolute Gasteiger partial charge is 0.242 e. The lowest BCUT2D eigenvalue weighted by atomic mass is 10.2. The molecule has 1 unspecified atom stereocenters. The van der Waals surface area contributed by atoms with Gasteiger partial charge in [0.15, 0.2) is 0 Å². The van der Waals surface area contributed by atoms with Crippen molar-refractivity contribution in [3.05, 3.63) is 29.8 Å². The third-order valence-corrected chi connectivity index (χ3v) is 4.23. The minimum Gasteiger partial charge on any atom is -0.392 e. The summed E-state index contributed by atoms with van der Waals surface area (Å²) in [4.78, 5) is 0.206. The van der Waals surface area contributed by atoms with Crippen LogP contribution in [0.2, 0.25) is 0 Å². The summed E-state index contributed by atoms with van der Waals surface area (Å²) < 4.78 is 25.2. The second-order valence-electron chi connectivity index (χ2n) is 3.98. The molecule has 1 rings (SSSR count). The fraction of sp³-hybridized carbons (Fsp3) is 0.455. The molecule has 0 aliphatic carbocycles. The monoisotopic (exact) mass is 258 g/mol. The number of aliphatic hydroxyl groups is 1. The molecule has 0 radical (unpaired) electrons. The number of aliphatic hydroxyl groups excluding tert-OH is 1. The van der Waals surface area contributed by atoms with Gasteiger partial charge in [0.05, 0.1) is 11.0 Å². The Morgan fingerprint density at radius 3 is 2.29 bits per heavy atom. The third kappa shape index (κ3) is 3.50. The summed E-state index contributed by atoms with van der Waals surface area (Å²) >= 11 is 0. The van der Waals surface area contributed by atoms with Crippen molar-refractivity contribution >= 4 is 10.0 Å². The summed E-state index contributed by atoms with van der Waals surface area (Å²) in [7, 11) is -2.08. The number of rotatable bonds is 5. The van der Waals surface area contributed by atoms with Crippen LogP contribution in [-0.2, 0) is 16.6 Å². The summed E-state index contributed by atoms with van der Waals surface area (Å²) in [6.07, 6.45) is -0.696. The quantitative estimate of drug-likeness (QED) is 0.787. The number of benzene rings is 1. The fourth-order valence-electron chi connectivity index (χ4n) is 1.45. The van der Waals surface area contributed by atoms with Crippen molar-refractivity contribution in [2.75, 3.05) is 13.6 Å². The number of nitrogens with two attached hydrogens (primary N) is 1. The van der Waals surface area contributed by atoms with Crippen LogP contribution in [0.15, 0.2) is 29.2 Å². The van der Waals surface area contributed by atoms with E-state index >= 15 is 0 Å². The Bertz CT molecular complexity index is 454. The van der Waals surface area contributed by atoms with E-state index in [0.29, 0.717) is 6.54 Å². The second-order valence-corrected chi connectivity index (χ2v) is 6.03. The lowest BCUT2D eigenvalue weighted by molar-refractivity contribution is 0.171. The summed E-state index contributed by atoms with van der Waals surface area (Å²) in [6.45, 7) is 1.99. The van der Waals surface area contributed by atoms with Gasteiger partial charge in [-0.15, -0.1) is 0 Å². The number of hydrogen-bond acceptors (Lipinski definition) is 4. The number of hydrogen-bond donors (Lipinski definition) is 2. The summed E-state index contributed by atoms with van der Waals surface area (Å²) in [5, 5.41) is 9.19. The van der Waals surface area contributed by atoms with E-state index < -0.39 is 16.1 Å². The number of nitrogens with zero attached hydrogens (tertiary/aromatic N) is 1. The van der Waals surface area contributed by atoms with Crippen molar-refractivity contribution in [3.8, 4) is 0 Å². The first-order valence-corrected chi connectivity index (χ1v) is 6.75. The number of sulfonamides is 1. The molecule has 0 saturated heterocycles. The van der Waals surface area contributed by atoms with E-state index in [0.717, 1.165) is 9.87 Å². The SMILES string of the molecule is CC(O)CN(C)S(=O)(=O)c1ccc(CN)cc1. The molecule has 0 saturated carbocycles. The lowest BCUT2D eigenvalue weighted by Gasteiger charge is -2.18. The van der Waals surface area contributed by atoms with Gasteiger partial charge in [0.25, 0.3) is 0 Å². The van der Waals surface area contributed by atoms with Gasteiger partial charge in [-0.3, -0.25) is 0 Å². The Morgan fingerprint density at radius 2 is 1.88 bits per heavy atom. The van der Waals surface area contributed by atoms with Crippen LogP contribution in [0.25, 0.3) is 0 Å². The molecule has 0 aliphatic rings. The molecule has 0 bridgehead atoms. The minimum absolute atomic E-state index is 0.0704. The molecule has 1 aromatic carbocycles. The Labute approximate surface area is 102 Å². The zero-order chi connectivity index (χ0) is 13.1. The molecule has 6 heteroatoms. The van der Waals surface area contributed by atoms with E-state index in [1.807, 2.05) is 0 Å². The van der Waals surface area contributed by atoms with Crippen LogP contribution in [0, 0.1) is 0 Å². The van der Waals surface area contributed by atoms with Gasteiger partial charge in [-0.2, -0.15) is 4.31 Å². The van der Waals surface area contributed by atoms with Crippen LogP contribution in [0.1, 0.15) is 12.5 Å². The van der Waals surface area contributed by atoms with Gasteiger partial charge < -0.3 is 10.8 Å². The number of likely N-dealkylation sites (N-methyl/N-ethyl adjacent to an activating group) is 1. The molecule has 17 heavy (non-hydrogen) atoms. The third-order valence-electron chi connectivity index (χ3n) is 2.39. The Hall–Kier alpha value is -0.950. The average molecular weight is 258 g/mol. The molecule has 0 fully saturated rings. The van der Waals surface area contributed by atoms with Crippen molar-refractivity contribution in [1.29, 1.82) is 0 Å². The second kappa shape index (κ2) is 5.59. The minimum atomic E-state index is -3.53. The maximum Gasteiger partial charge on any atom is 0.242 e. The molecular weight excluding hydrogens is 240 g/mol. The first kappa shape index (κ1) is 14.1. The molecule has 5 nitrogen and oxygen atoms in total. The topological polar surface area (TPSA) is 83.6 Å². The molecule has 1 aromatic rings. The highest BCUT2D eigenvalue weighted by Gasteiger charge is 2.21. The normalized spacial score (nSPS) is 13.9. The lowest BCUT2D eigenvalue weighted by Crippen LogP contribution is -2.33. The van der Waals surface area contributed by atoms with Gasteiger partial charge in [-0.1, -0.05) is 12.1 Å². The van der Waals surface area contributed by atoms with Gasteiger partial charge in [-0.05, 0) is 24.6 Å². The van der Waals surface area contributed by atoms with Crippen molar-refractivity contribution in [2.24, 2.45) is 5.73 Å². The van der Waals surface area contributed by atoms with Gasteiger partial charge >= 0.3 is 0 Å². The zero-order valence-electron chi connectivity index (χ0n) is 10.00. The average Bonchev–Trinajstić information content (AvgIpc) is 2.28. The predicted octanol–water partition coefficient (Wildman–Crippen LogP) is 0.147. The standard InChI is InChI=1S/C11H18N2O3S/c1-9(14)8-13(2)17(15,16)11-5-3-10(7-12)4-6-11/h3-6,9,14H,7-8,12H2,1-2H3. The highest BCUT2D eigenvalue weighted by atomic mass is 32.2. The first-order valence-electron chi connectivity index (χ1n) is 5.31. The molecule has 0 spiro atoms. The summed E-state index contributed by atoms with van der Waals surface area (Å²) in [6, 6.07) is 6.42. The van der Waals surface area contributed by atoms with E-state index in [2.05, 4.69) is 0 Å². The molecule has 0 heterocycles. The van der Waals surface area contributed by atoms with E-state index in [4.69, 9.17) is 5.73 Å². The molecule has 1 atom stereocenters. The highest BCUT2D eigenvalue weighted by molar-refractivity contribution is 7.89. The van der Waals surface area contributed by atoms with E-state index in [9.17, 15) is 13.5 Å². The Kier molecular flexibility index (Phi) is 4.64. The van der Waals surface area contributed by atoms with Gasteiger partial charge in [0.2, 0.25) is 10.0 Å². The molecule has 0 aromatic heterocycles. The van der Waals surface area contributed by atoms with E-state index in [1.54, 1.807) is 19.1 Å². The Morgan fingerprint density at radius 1 is 1.35 bits per heavy atom. The van der Waals surface area contributed by atoms with Gasteiger partial charge in [0.1, 0.15) is 0 Å². The summed E-state index contributed by atoms with van der Waals surface area (Å²) in [5.41, 5.74) is 6.32. The Balaban J connectivity index is 2.96. The van der Waals surface area contributed by atoms with E-state index in [1.165, 1.54) is 19.2 Å². The molecule has 3 N–H and O–H groups in total. The van der Waals surface area contributed by atoms with E-state index in [-0.39, 0.29) is 11.4 Å². The zero-order valence-corrected chi connectivity index (χ0v) is 10.8. The van der Waals surface area contributed by atoms with Gasteiger partial charge in [0, 0.05) is 20.1 Å². The van der Waals surface area contributed by atoms with Crippen molar-refractivity contribution in [1.82, 2.24) is 4.31 Å². The summed E-state index contributed by atoms with van der Waals surface area (Å²) in [5.74, 6) is 0. The van der Waals surface area contributed by atoms with Crippen molar-refractivity contribution in [3.63, 3.8) is 0 Å². The molecular formula is C11H18N2O3S. The highest BCUT2D eigenvalue weighted by Crippen LogP contribution is 2.15. The fourth-order valence-corrected chi connectivity index (χ4v) is 2.70. The van der Waals surface area contributed by atoms with Crippen LogP contribution in [0.5, 0.6) is 0 Å². The van der Waals surface area contributed by atoms with Crippen LogP contribution in [0.4, 0.5) is 0 Å². The maximum atomic E-state index is 12.1. The first-order chi connectivity index (χ1) is 7.87. The maximum absolute atomic E-state index is 12.1. The van der Waals surface area contributed by atoms with Crippen LogP contribution in [-0.4, -0.2) is 37.5 Å². The van der Waals surface area contributed by atoms with Crippen molar-refractivity contribution in [2.45, 2.75) is 24.5 Å². The van der Waals surface area contributed by atoms with Crippen LogP contribution in [0.3, 0.4) is 0 Å². The molecule has 96 valence electrons. The van der Waals surface area contributed by atoms with Gasteiger partial charge in [-0.25, -0.2) is 8.42 Å². The predicted molar refractivity (Wildman–Crippen MR) is 65.8 cm³/mol. The van der Waals surface area contributed by atoms with Crippen LogP contribution >= 0.6 is 0 Å². The van der Waals surface area contributed by atoms with Crippen LogP contribution < -0.4 is 5.73 Å².